The van der Waals surface area contributed by atoms with Crippen LogP contribution in [0, 0.1) is 11.8 Å². The average Bonchev–Trinajstić information content (AvgIpc) is 2.13. The van der Waals surface area contributed by atoms with Gasteiger partial charge in [0.25, 0.3) is 0 Å². The van der Waals surface area contributed by atoms with Gasteiger partial charge in [0.15, 0.2) is 0 Å². The minimum Gasteiger partial charge on any atom is -0.316 e. The predicted molar refractivity (Wildman–Crippen MR) is 62.4 cm³/mol. The largest absolute Gasteiger partial charge is 0.316 e. The van der Waals surface area contributed by atoms with Crippen LogP contribution in [0.4, 0.5) is 0 Å². The molecule has 0 aromatic carbocycles. The zero-order chi connectivity index (χ0) is 9.40. The van der Waals surface area contributed by atoms with Gasteiger partial charge in [-0.3, -0.25) is 0 Å². The Morgan fingerprint density at radius 2 is 1.67 bits per heavy atom. The fraction of sp³-hybridized carbons (Fsp3) is 1.00. The van der Waals surface area contributed by atoms with Crippen molar-refractivity contribution in [2.24, 2.45) is 11.8 Å². The Kier molecular flexibility index (Phi) is 8.77. The summed E-state index contributed by atoms with van der Waals surface area (Å²) < 4.78 is 5.09. The number of halogens is 1. The highest BCUT2D eigenvalue weighted by atomic mass is 127. The second kappa shape index (κ2) is 8.30. The van der Waals surface area contributed by atoms with E-state index in [0.717, 1.165) is 18.4 Å². The first kappa shape index (κ1) is 12.7. The van der Waals surface area contributed by atoms with Crippen molar-refractivity contribution in [2.45, 2.75) is 46.5 Å². The van der Waals surface area contributed by atoms with Gasteiger partial charge in [-0.2, -0.15) is 0 Å². The fourth-order valence-electron chi connectivity index (χ4n) is 1.58. The van der Waals surface area contributed by atoms with Crippen LogP contribution in [0.15, 0.2) is 0 Å². The lowest BCUT2D eigenvalue weighted by Crippen LogP contribution is -2.15. The quantitative estimate of drug-likeness (QED) is 0.690. The SMILES string of the molecule is CC.CC1CCC(COI)CC1. The van der Waals surface area contributed by atoms with Crippen LogP contribution in [0.25, 0.3) is 0 Å². The monoisotopic (exact) mass is 284 g/mol. The van der Waals surface area contributed by atoms with Gasteiger partial charge in [-0.25, -0.2) is 0 Å². The highest BCUT2D eigenvalue weighted by Gasteiger charge is 2.17. The lowest BCUT2D eigenvalue weighted by Gasteiger charge is -2.24. The van der Waals surface area contributed by atoms with Crippen molar-refractivity contribution >= 4 is 23.0 Å². The summed E-state index contributed by atoms with van der Waals surface area (Å²) in [5, 5.41) is 0. The molecule has 0 unspecified atom stereocenters. The summed E-state index contributed by atoms with van der Waals surface area (Å²) >= 11 is 2.00. The summed E-state index contributed by atoms with van der Waals surface area (Å²) in [5.41, 5.74) is 0. The Labute approximate surface area is 91.0 Å². The van der Waals surface area contributed by atoms with E-state index in [2.05, 4.69) is 6.92 Å². The van der Waals surface area contributed by atoms with Crippen LogP contribution in [-0.2, 0) is 3.07 Å². The second-order valence-corrected chi connectivity index (χ2v) is 4.02. The molecule has 1 aliphatic rings. The summed E-state index contributed by atoms with van der Waals surface area (Å²) in [5.74, 6) is 1.82. The van der Waals surface area contributed by atoms with Crippen LogP contribution in [0.3, 0.4) is 0 Å². The van der Waals surface area contributed by atoms with Crippen molar-refractivity contribution in [1.29, 1.82) is 0 Å². The van der Waals surface area contributed by atoms with Gasteiger partial charge in [0.1, 0.15) is 23.0 Å². The van der Waals surface area contributed by atoms with Gasteiger partial charge in [-0.05, 0) is 24.7 Å². The van der Waals surface area contributed by atoms with Crippen molar-refractivity contribution in [3.8, 4) is 0 Å². The smallest absolute Gasteiger partial charge is 0.109 e. The number of hydrogen-bond donors (Lipinski definition) is 0. The minimum atomic E-state index is 0.855. The van der Waals surface area contributed by atoms with E-state index in [9.17, 15) is 0 Å². The molecular formula is C10H21IO. The molecule has 0 saturated heterocycles. The van der Waals surface area contributed by atoms with Crippen molar-refractivity contribution in [3.63, 3.8) is 0 Å². The average molecular weight is 284 g/mol. The van der Waals surface area contributed by atoms with Gasteiger partial charge in [0, 0.05) is 0 Å². The summed E-state index contributed by atoms with van der Waals surface area (Å²) in [7, 11) is 0. The van der Waals surface area contributed by atoms with Gasteiger partial charge >= 0.3 is 0 Å². The highest BCUT2D eigenvalue weighted by molar-refractivity contribution is 14.1. The molecule has 0 heterocycles. The second-order valence-electron chi connectivity index (χ2n) is 3.40. The van der Waals surface area contributed by atoms with Gasteiger partial charge in [0.05, 0.1) is 6.61 Å². The zero-order valence-electron chi connectivity index (χ0n) is 8.48. The molecule has 0 aromatic rings. The van der Waals surface area contributed by atoms with E-state index in [-0.39, 0.29) is 0 Å². The Morgan fingerprint density at radius 1 is 1.17 bits per heavy atom. The van der Waals surface area contributed by atoms with Crippen LogP contribution in [0.2, 0.25) is 0 Å². The van der Waals surface area contributed by atoms with Crippen molar-refractivity contribution in [2.75, 3.05) is 6.61 Å². The Hall–Kier alpha value is 0.690. The van der Waals surface area contributed by atoms with E-state index < -0.39 is 0 Å². The van der Waals surface area contributed by atoms with E-state index in [4.69, 9.17) is 3.07 Å². The van der Waals surface area contributed by atoms with Crippen LogP contribution in [0.1, 0.15) is 46.5 Å². The van der Waals surface area contributed by atoms with Crippen molar-refractivity contribution < 1.29 is 3.07 Å². The maximum Gasteiger partial charge on any atom is 0.109 e. The molecule has 2 heteroatoms. The molecule has 1 nitrogen and oxygen atoms in total. The third-order valence-corrected chi connectivity index (χ3v) is 2.79. The third-order valence-electron chi connectivity index (χ3n) is 2.43. The first-order valence-electron chi connectivity index (χ1n) is 5.06. The molecule has 0 aliphatic heterocycles. The normalized spacial score (nSPS) is 29.0. The molecule has 0 radical (unpaired) electrons. The summed E-state index contributed by atoms with van der Waals surface area (Å²) in [6.45, 7) is 7.31. The molecule has 0 N–H and O–H groups in total. The van der Waals surface area contributed by atoms with E-state index in [1.54, 1.807) is 0 Å². The molecule has 1 rings (SSSR count). The molecule has 0 spiro atoms. The summed E-state index contributed by atoms with van der Waals surface area (Å²) in [6, 6.07) is 0. The van der Waals surface area contributed by atoms with E-state index in [1.165, 1.54) is 25.7 Å². The topological polar surface area (TPSA) is 9.23 Å². The maximum absolute atomic E-state index is 5.09. The van der Waals surface area contributed by atoms with Gasteiger partial charge in [0.2, 0.25) is 0 Å². The molecule has 74 valence electrons. The van der Waals surface area contributed by atoms with Gasteiger partial charge in [-0.15, -0.1) is 0 Å². The van der Waals surface area contributed by atoms with Crippen LogP contribution in [0.5, 0.6) is 0 Å². The van der Waals surface area contributed by atoms with Crippen molar-refractivity contribution in [3.05, 3.63) is 0 Å². The first-order chi connectivity index (χ1) is 5.83. The lowest BCUT2D eigenvalue weighted by molar-refractivity contribution is 0.224. The van der Waals surface area contributed by atoms with E-state index >= 15 is 0 Å². The third kappa shape index (κ3) is 5.36. The molecular weight excluding hydrogens is 263 g/mol. The molecule has 0 atom stereocenters. The Balaban J connectivity index is 0.000000561. The Bertz CT molecular complexity index is 87.8. The standard InChI is InChI=1S/C8H15IO.C2H6/c1-7-2-4-8(5-3-7)6-10-9;1-2/h7-8H,2-6H2,1H3;1-2H3. The molecule has 12 heavy (non-hydrogen) atoms. The summed E-state index contributed by atoms with van der Waals surface area (Å²) in [6.07, 6.45) is 5.57. The Morgan fingerprint density at radius 3 is 2.08 bits per heavy atom. The first-order valence-corrected chi connectivity index (χ1v) is 5.94. The number of hydrogen-bond acceptors (Lipinski definition) is 1. The number of rotatable bonds is 2. The maximum atomic E-state index is 5.09. The van der Waals surface area contributed by atoms with Crippen LogP contribution in [-0.4, -0.2) is 6.61 Å². The van der Waals surface area contributed by atoms with E-state index in [1.807, 2.05) is 36.9 Å². The van der Waals surface area contributed by atoms with Crippen LogP contribution < -0.4 is 0 Å². The molecule has 1 aliphatic carbocycles. The lowest BCUT2D eigenvalue weighted by atomic mass is 9.84. The molecule has 0 bridgehead atoms. The molecule has 1 fully saturated rings. The van der Waals surface area contributed by atoms with Gasteiger partial charge < -0.3 is 3.07 Å². The van der Waals surface area contributed by atoms with E-state index in [0.29, 0.717) is 0 Å². The minimum absolute atomic E-state index is 0.855. The molecule has 0 amide bonds. The summed E-state index contributed by atoms with van der Waals surface area (Å²) in [4.78, 5) is 0. The van der Waals surface area contributed by atoms with Crippen molar-refractivity contribution in [1.82, 2.24) is 0 Å². The molecule has 1 saturated carbocycles. The van der Waals surface area contributed by atoms with Crippen LogP contribution >= 0.6 is 23.0 Å². The highest BCUT2D eigenvalue weighted by Crippen LogP contribution is 2.28. The zero-order valence-corrected chi connectivity index (χ0v) is 10.6. The molecule has 0 aromatic heterocycles. The fourth-order valence-corrected chi connectivity index (χ4v) is 2.09. The van der Waals surface area contributed by atoms with Gasteiger partial charge in [-0.1, -0.05) is 33.6 Å². The predicted octanol–water partition coefficient (Wildman–Crippen LogP) is 4.21.